The third-order valence-electron chi connectivity index (χ3n) is 3.49. The molecule has 1 aromatic rings. The van der Waals surface area contributed by atoms with Crippen LogP contribution in [0.4, 0.5) is 0 Å². The minimum atomic E-state index is -1.44. The fourth-order valence-corrected chi connectivity index (χ4v) is 4.12. The van der Waals surface area contributed by atoms with Crippen molar-refractivity contribution in [1.29, 1.82) is 0 Å². The number of rotatable bonds is 4. The maximum Gasteiger partial charge on any atom is 0.488 e. The Hall–Kier alpha value is -0.685. The minimum Gasteiger partial charge on any atom is -0.496 e. The van der Waals surface area contributed by atoms with Crippen LogP contribution in [0, 0.1) is 0 Å². The van der Waals surface area contributed by atoms with Crippen LogP contribution in [-0.2, 0) is 6.54 Å². The fourth-order valence-electron chi connectivity index (χ4n) is 2.74. The monoisotopic (exact) mass is 295 g/mol. The highest BCUT2D eigenvalue weighted by Crippen LogP contribution is 2.27. The van der Waals surface area contributed by atoms with Crippen LogP contribution in [0.25, 0.3) is 0 Å². The van der Waals surface area contributed by atoms with Crippen molar-refractivity contribution in [2.24, 2.45) is 0 Å². The van der Waals surface area contributed by atoms with E-state index >= 15 is 0 Å². The van der Waals surface area contributed by atoms with Crippen molar-refractivity contribution in [3.8, 4) is 5.75 Å². The molecule has 20 heavy (non-hydrogen) atoms. The summed E-state index contributed by atoms with van der Waals surface area (Å²) in [4.78, 5) is 2.40. The van der Waals surface area contributed by atoms with Gasteiger partial charge < -0.3 is 14.8 Å². The van der Waals surface area contributed by atoms with E-state index in [0.717, 1.165) is 30.9 Å². The summed E-state index contributed by atoms with van der Waals surface area (Å²) >= 11 is 2.02. The van der Waals surface area contributed by atoms with Crippen LogP contribution in [0.2, 0.25) is 0 Å². The molecule has 2 atom stereocenters. The molecular formula is C14H22BNO3S. The number of methoxy groups -OCH3 is 1. The molecule has 2 rings (SSSR count). The topological polar surface area (TPSA) is 52.9 Å². The normalized spacial score (nSPS) is 23.6. The quantitative estimate of drug-likeness (QED) is 0.801. The number of nitrogens with zero attached hydrogens (tertiary/aromatic N) is 1. The molecule has 0 radical (unpaired) electrons. The van der Waals surface area contributed by atoms with Gasteiger partial charge in [0.1, 0.15) is 5.75 Å². The van der Waals surface area contributed by atoms with Gasteiger partial charge in [-0.15, -0.1) is 0 Å². The van der Waals surface area contributed by atoms with Crippen LogP contribution in [0.3, 0.4) is 0 Å². The lowest BCUT2D eigenvalue weighted by Crippen LogP contribution is -2.40. The Labute approximate surface area is 125 Å². The van der Waals surface area contributed by atoms with Gasteiger partial charge in [0.25, 0.3) is 0 Å². The summed E-state index contributed by atoms with van der Waals surface area (Å²) in [6.45, 7) is 7.37. The van der Waals surface area contributed by atoms with E-state index in [0.29, 0.717) is 16.0 Å². The lowest BCUT2D eigenvalue weighted by Gasteiger charge is -2.34. The molecule has 6 heteroatoms. The fraction of sp³-hybridized carbons (Fsp3) is 0.571. The van der Waals surface area contributed by atoms with E-state index in [4.69, 9.17) is 4.74 Å². The van der Waals surface area contributed by atoms with Gasteiger partial charge in [0.05, 0.1) is 7.11 Å². The van der Waals surface area contributed by atoms with Crippen LogP contribution < -0.4 is 10.2 Å². The first-order valence-electron chi connectivity index (χ1n) is 6.90. The highest BCUT2D eigenvalue weighted by Gasteiger charge is 2.23. The molecule has 4 nitrogen and oxygen atoms in total. The molecule has 2 unspecified atom stereocenters. The van der Waals surface area contributed by atoms with E-state index in [1.54, 1.807) is 19.2 Å². The van der Waals surface area contributed by atoms with Crippen molar-refractivity contribution in [2.75, 3.05) is 20.2 Å². The standard InChI is InChI=1S/C14H22BNO3S/c1-10-7-16(8-11(2)20-10)9-12-6-13(15(17)18)4-5-14(12)19-3/h4-6,10-11,17-18H,7-9H2,1-3H3. The summed E-state index contributed by atoms with van der Waals surface area (Å²) in [5, 5.41) is 19.8. The van der Waals surface area contributed by atoms with E-state index in [1.165, 1.54) is 0 Å². The van der Waals surface area contributed by atoms with Crippen molar-refractivity contribution in [3.63, 3.8) is 0 Å². The molecule has 1 aliphatic rings. The number of hydrogen-bond acceptors (Lipinski definition) is 5. The van der Waals surface area contributed by atoms with Crippen LogP contribution in [0.5, 0.6) is 5.75 Å². The van der Waals surface area contributed by atoms with Gasteiger partial charge in [-0.25, -0.2) is 0 Å². The predicted molar refractivity (Wildman–Crippen MR) is 84.6 cm³/mol. The number of hydrogen-bond donors (Lipinski definition) is 2. The van der Waals surface area contributed by atoms with Gasteiger partial charge in [0.2, 0.25) is 0 Å². The summed E-state index contributed by atoms with van der Waals surface area (Å²) in [6, 6.07) is 5.31. The van der Waals surface area contributed by atoms with Gasteiger partial charge in [0, 0.05) is 35.7 Å². The number of benzene rings is 1. The van der Waals surface area contributed by atoms with Crippen molar-refractivity contribution >= 4 is 24.3 Å². The Morgan fingerprint density at radius 2 is 1.95 bits per heavy atom. The molecule has 0 amide bonds. The third kappa shape index (κ3) is 3.91. The second-order valence-corrected chi connectivity index (χ2v) is 7.28. The zero-order valence-corrected chi connectivity index (χ0v) is 13.1. The van der Waals surface area contributed by atoms with Crippen LogP contribution >= 0.6 is 11.8 Å². The van der Waals surface area contributed by atoms with Crippen LogP contribution in [-0.4, -0.2) is 52.8 Å². The van der Waals surface area contributed by atoms with Gasteiger partial charge in [-0.1, -0.05) is 26.0 Å². The predicted octanol–water partition coefficient (Wildman–Crippen LogP) is 0.701. The highest BCUT2D eigenvalue weighted by molar-refractivity contribution is 8.00. The largest absolute Gasteiger partial charge is 0.496 e. The molecule has 1 fully saturated rings. The molecule has 0 saturated carbocycles. The molecule has 0 spiro atoms. The van der Waals surface area contributed by atoms with Gasteiger partial charge in [0.15, 0.2) is 0 Å². The summed E-state index contributed by atoms with van der Waals surface area (Å²) in [5.41, 5.74) is 1.51. The van der Waals surface area contributed by atoms with Gasteiger partial charge in [-0.05, 0) is 11.5 Å². The maximum absolute atomic E-state index is 9.30. The Balaban J connectivity index is 2.16. The summed E-state index contributed by atoms with van der Waals surface area (Å²) in [6.07, 6.45) is 0. The summed E-state index contributed by atoms with van der Waals surface area (Å²) < 4.78 is 5.38. The zero-order chi connectivity index (χ0) is 14.7. The molecule has 1 saturated heterocycles. The van der Waals surface area contributed by atoms with Gasteiger partial charge >= 0.3 is 7.12 Å². The van der Waals surface area contributed by atoms with Crippen molar-refractivity contribution < 1.29 is 14.8 Å². The number of ether oxygens (including phenoxy) is 1. The average molecular weight is 295 g/mol. The molecule has 110 valence electrons. The summed E-state index contributed by atoms with van der Waals surface area (Å²) in [5.74, 6) is 0.799. The number of thioether (sulfide) groups is 1. The lowest BCUT2D eigenvalue weighted by molar-refractivity contribution is 0.258. The van der Waals surface area contributed by atoms with E-state index in [9.17, 15) is 10.0 Å². The van der Waals surface area contributed by atoms with Crippen LogP contribution in [0.1, 0.15) is 19.4 Å². The van der Waals surface area contributed by atoms with E-state index in [-0.39, 0.29) is 0 Å². The van der Waals surface area contributed by atoms with Crippen molar-refractivity contribution in [3.05, 3.63) is 23.8 Å². The molecule has 1 aliphatic heterocycles. The summed E-state index contributed by atoms with van der Waals surface area (Å²) in [7, 11) is 0.208. The molecule has 0 bridgehead atoms. The molecule has 1 aromatic carbocycles. The second kappa shape index (κ2) is 6.85. The molecule has 0 aromatic heterocycles. The Kier molecular flexibility index (Phi) is 5.38. The Morgan fingerprint density at radius 1 is 1.30 bits per heavy atom. The zero-order valence-electron chi connectivity index (χ0n) is 12.2. The lowest BCUT2D eigenvalue weighted by atomic mass is 9.79. The first kappa shape index (κ1) is 15.7. The molecule has 1 heterocycles. The van der Waals surface area contributed by atoms with Crippen molar-refractivity contribution in [1.82, 2.24) is 4.90 Å². The van der Waals surface area contributed by atoms with E-state index in [1.807, 2.05) is 17.8 Å². The van der Waals surface area contributed by atoms with Crippen molar-refractivity contribution in [2.45, 2.75) is 30.9 Å². The maximum atomic E-state index is 9.30. The first-order chi connectivity index (χ1) is 9.49. The molecule has 0 aliphatic carbocycles. The van der Waals surface area contributed by atoms with E-state index < -0.39 is 7.12 Å². The Morgan fingerprint density at radius 3 is 2.50 bits per heavy atom. The van der Waals surface area contributed by atoms with Crippen LogP contribution in [0.15, 0.2) is 18.2 Å². The average Bonchev–Trinajstić information content (AvgIpc) is 2.37. The molecule has 2 N–H and O–H groups in total. The SMILES string of the molecule is COc1ccc(B(O)O)cc1CN1CC(C)SC(C)C1. The first-order valence-corrected chi connectivity index (χ1v) is 7.84. The minimum absolute atomic E-state index is 0.508. The second-order valence-electron chi connectivity index (χ2n) is 5.40. The van der Waals surface area contributed by atoms with Gasteiger partial charge in [-0.3, -0.25) is 4.90 Å². The smallest absolute Gasteiger partial charge is 0.488 e. The van der Waals surface area contributed by atoms with Gasteiger partial charge in [-0.2, -0.15) is 11.8 Å². The van der Waals surface area contributed by atoms with E-state index in [2.05, 4.69) is 18.7 Å². The molecular weight excluding hydrogens is 273 g/mol. The Bertz CT molecular complexity index is 448. The highest BCUT2D eigenvalue weighted by atomic mass is 32.2. The third-order valence-corrected chi connectivity index (χ3v) is 4.72.